The zero-order valence-corrected chi connectivity index (χ0v) is 11.9. The summed E-state index contributed by atoms with van der Waals surface area (Å²) in [6, 6.07) is 13.4. The summed E-state index contributed by atoms with van der Waals surface area (Å²) in [6.45, 7) is 3.79. The van der Waals surface area contributed by atoms with Crippen LogP contribution in [-0.2, 0) is 10.2 Å². The third kappa shape index (κ3) is 2.38. The molecule has 0 fully saturated rings. The highest BCUT2D eigenvalue weighted by molar-refractivity contribution is 6.03. The number of amides is 1. The van der Waals surface area contributed by atoms with Crippen LogP contribution in [-0.4, -0.2) is 21.1 Å². The van der Waals surface area contributed by atoms with Crippen molar-refractivity contribution in [3.05, 3.63) is 54.2 Å². The minimum absolute atomic E-state index is 0.0943. The molecule has 0 saturated carbocycles. The predicted octanol–water partition coefficient (Wildman–Crippen LogP) is 2.87. The van der Waals surface area contributed by atoms with Gasteiger partial charge in [0.1, 0.15) is 5.82 Å². The number of carbonyl (C=O) groups excluding carboxylic acids is 1. The second kappa shape index (κ2) is 5.01. The van der Waals surface area contributed by atoms with Gasteiger partial charge in [0.25, 0.3) is 0 Å². The number of hydrogen-bond donors (Lipinski definition) is 2. The predicted molar refractivity (Wildman–Crippen MR) is 82.0 cm³/mol. The SMILES string of the molecule is CC(C)(C(=O)Nc1[nH]nc2ncccc12)c1ccccc1. The molecule has 1 amide bonds. The van der Waals surface area contributed by atoms with Crippen LogP contribution in [0.5, 0.6) is 0 Å². The zero-order valence-electron chi connectivity index (χ0n) is 11.9. The van der Waals surface area contributed by atoms with Crippen LogP contribution in [0.2, 0.25) is 0 Å². The third-order valence-electron chi connectivity index (χ3n) is 3.63. The highest BCUT2D eigenvalue weighted by Gasteiger charge is 2.30. The van der Waals surface area contributed by atoms with E-state index in [2.05, 4.69) is 20.5 Å². The number of aromatic nitrogens is 3. The molecule has 0 aliphatic carbocycles. The van der Waals surface area contributed by atoms with Crippen molar-refractivity contribution in [2.24, 2.45) is 0 Å². The molecular formula is C16H16N4O. The van der Waals surface area contributed by atoms with Gasteiger partial charge in [-0.3, -0.25) is 9.89 Å². The third-order valence-corrected chi connectivity index (χ3v) is 3.63. The number of carbonyl (C=O) groups is 1. The Balaban J connectivity index is 1.89. The van der Waals surface area contributed by atoms with E-state index in [-0.39, 0.29) is 5.91 Å². The van der Waals surface area contributed by atoms with Gasteiger partial charge >= 0.3 is 0 Å². The number of H-pyrrole nitrogens is 1. The Hall–Kier alpha value is -2.69. The number of fused-ring (bicyclic) bond motifs is 1. The fourth-order valence-electron chi connectivity index (χ4n) is 2.20. The largest absolute Gasteiger partial charge is 0.310 e. The van der Waals surface area contributed by atoms with Crippen LogP contribution in [0.15, 0.2) is 48.7 Å². The van der Waals surface area contributed by atoms with Crippen molar-refractivity contribution in [1.29, 1.82) is 0 Å². The molecule has 0 saturated heterocycles. The highest BCUT2D eigenvalue weighted by Crippen LogP contribution is 2.26. The molecule has 0 aliphatic heterocycles. The Bertz CT molecular complexity index is 777. The summed E-state index contributed by atoms with van der Waals surface area (Å²) in [5, 5.41) is 10.6. The van der Waals surface area contributed by atoms with Crippen LogP contribution in [0.3, 0.4) is 0 Å². The van der Waals surface area contributed by atoms with E-state index in [0.29, 0.717) is 11.5 Å². The average Bonchev–Trinajstić information content (AvgIpc) is 2.91. The Morgan fingerprint density at radius 1 is 1.14 bits per heavy atom. The van der Waals surface area contributed by atoms with Gasteiger partial charge in [0, 0.05) is 6.20 Å². The molecule has 0 aliphatic rings. The summed E-state index contributed by atoms with van der Waals surface area (Å²) in [5.41, 5.74) is 0.913. The van der Waals surface area contributed by atoms with E-state index in [9.17, 15) is 4.79 Å². The summed E-state index contributed by atoms with van der Waals surface area (Å²) in [6.07, 6.45) is 1.67. The normalized spacial score (nSPS) is 11.5. The molecule has 5 nitrogen and oxygen atoms in total. The van der Waals surface area contributed by atoms with Gasteiger partial charge in [-0.1, -0.05) is 30.3 Å². The maximum absolute atomic E-state index is 12.6. The molecule has 2 aromatic heterocycles. The summed E-state index contributed by atoms with van der Waals surface area (Å²) in [5.74, 6) is 0.482. The number of nitrogens with zero attached hydrogens (tertiary/aromatic N) is 2. The summed E-state index contributed by atoms with van der Waals surface area (Å²) >= 11 is 0. The molecule has 2 N–H and O–H groups in total. The van der Waals surface area contributed by atoms with Crippen molar-refractivity contribution in [2.45, 2.75) is 19.3 Å². The number of hydrogen-bond acceptors (Lipinski definition) is 3. The first-order chi connectivity index (χ1) is 10.1. The summed E-state index contributed by atoms with van der Waals surface area (Å²) < 4.78 is 0. The van der Waals surface area contributed by atoms with Gasteiger partial charge in [-0.05, 0) is 31.5 Å². The van der Waals surface area contributed by atoms with Gasteiger partial charge in [-0.2, -0.15) is 5.10 Å². The van der Waals surface area contributed by atoms with Crippen LogP contribution in [0.25, 0.3) is 11.0 Å². The lowest BCUT2D eigenvalue weighted by molar-refractivity contribution is -0.120. The van der Waals surface area contributed by atoms with Crippen LogP contribution in [0.4, 0.5) is 5.82 Å². The van der Waals surface area contributed by atoms with Crippen molar-refractivity contribution in [3.63, 3.8) is 0 Å². The van der Waals surface area contributed by atoms with Gasteiger partial charge in [0.2, 0.25) is 5.91 Å². The molecule has 21 heavy (non-hydrogen) atoms. The molecule has 0 spiro atoms. The van der Waals surface area contributed by atoms with Crippen LogP contribution in [0, 0.1) is 0 Å². The molecule has 106 valence electrons. The molecule has 5 heteroatoms. The standard InChI is InChI=1S/C16H16N4O/c1-16(2,11-7-4-3-5-8-11)15(21)18-14-12-9-6-10-17-13(12)19-20-14/h3-10H,1-2H3,(H2,17,18,19,20,21). The van der Waals surface area contributed by atoms with Gasteiger partial charge in [-0.15, -0.1) is 0 Å². The van der Waals surface area contributed by atoms with Crippen molar-refractivity contribution >= 4 is 22.8 Å². The molecule has 3 rings (SSSR count). The average molecular weight is 280 g/mol. The fraction of sp³-hybridized carbons (Fsp3) is 0.188. The van der Waals surface area contributed by atoms with E-state index in [1.54, 1.807) is 6.20 Å². The lowest BCUT2D eigenvalue weighted by atomic mass is 9.84. The van der Waals surface area contributed by atoms with Crippen molar-refractivity contribution in [3.8, 4) is 0 Å². The Morgan fingerprint density at radius 2 is 1.90 bits per heavy atom. The second-order valence-corrected chi connectivity index (χ2v) is 5.42. The van der Waals surface area contributed by atoms with Crippen molar-refractivity contribution < 1.29 is 4.79 Å². The Kier molecular flexibility index (Phi) is 3.17. The highest BCUT2D eigenvalue weighted by atomic mass is 16.2. The molecular weight excluding hydrogens is 264 g/mol. The Morgan fingerprint density at radius 3 is 2.67 bits per heavy atom. The van der Waals surface area contributed by atoms with Crippen molar-refractivity contribution in [1.82, 2.24) is 15.2 Å². The van der Waals surface area contributed by atoms with Crippen molar-refractivity contribution in [2.75, 3.05) is 5.32 Å². The number of rotatable bonds is 3. The first-order valence-electron chi connectivity index (χ1n) is 6.75. The molecule has 2 heterocycles. The van der Waals surface area contributed by atoms with Gasteiger partial charge in [-0.25, -0.2) is 4.98 Å². The van der Waals surface area contributed by atoms with Crippen LogP contribution in [0.1, 0.15) is 19.4 Å². The van der Waals surface area contributed by atoms with E-state index < -0.39 is 5.41 Å². The van der Waals surface area contributed by atoms with E-state index in [4.69, 9.17) is 0 Å². The zero-order chi connectivity index (χ0) is 14.9. The van der Waals surface area contributed by atoms with E-state index in [0.717, 1.165) is 10.9 Å². The first-order valence-corrected chi connectivity index (χ1v) is 6.75. The van der Waals surface area contributed by atoms with Gasteiger partial charge < -0.3 is 5.32 Å². The topological polar surface area (TPSA) is 70.7 Å². The molecule has 3 aromatic rings. The summed E-state index contributed by atoms with van der Waals surface area (Å²) in [7, 11) is 0. The maximum Gasteiger partial charge on any atom is 0.235 e. The summed E-state index contributed by atoms with van der Waals surface area (Å²) in [4.78, 5) is 16.7. The van der Waals surface area contributed by atoms with Gasteiger partial charge in [0.15, 0.2) is 5.65 Å². The van der Waals surface area contributed by atoms with E-state index in [1.165, 1.54) is 0 Å². The van der Waals surface area contributed by atoms with Crippen LogP contribution >= 0.6 is 0 Å². The lowest BCUT2D eigenvalue weighted by Gasteiger charge is -2.23. The number of anilines is 1. The van der Waals surface area contributed by atoms with Gasteiger partial charge in [0.05, 0.1) is 10.8 Å². The maximum atomic E-state index is 12.6. The number of nitrogens with one attached hydrogen (secondary N) is 2. The lowest BCUT2D eigenvalue weighted by Crippen LogP contribution is -2.34. The second-order valence-electron chi connectivity index (χ2n) is 5.42. The Labute approximate surface area is 122 Å². The minimum Gasteiger partial charge on any atom is -0.310 e. The minimum atomic E-state index is -0.638. The number of pyridine rings is 1. The quantitative estimate of drug-likeness (QED) is 0.775. The molecule has 0 unspecified atom stereocenters. The van der Waals surface area contributed by atoms with E-state index >= 15 is 0 Å². The number of benzene rings is 1. The monoisotopic (exact) mass is 280 g/mol. The molecule has 1 aromatic carbocycles. The van der Waals surface area contributed by atoms with Crippen LogP contribution < -0.4 is 5.32 Å². The van der Waals surface area contributed by atoms with E-state index in [1.807, 2.05) is 56.3 Å². The fourth-order valence-corrected chi connectivity index (χ4v) is 2.20. The smallest absolute Gasteiger partial charge is 0.235 e. The molecule has 0 atom stereocenters. The first kappa shape index (κ1) is 13.3. The molecule has 0 bridgehead atoms. The molecule has 0 radical (unpaired) electrons. The number of aromatic amines is 1.